The number of ether oxygens (including phenoxy) is 1. The highest BCUT2D eigenvalue weighted by Gasteiger charge is 2.25. The minimum atomic E-state index is -3.53. The van der Waals surface area contributed by atoms with E-state index in [0.29, 0.717) is 22.3 Å². The van der Waals surface area contributed by atoms with E-state index < -0.39 is 15.7 Å². The third kappa shape index (κ3) is 3.50. The molecule has 0 atom stereocenters. The molecule has 0 aliphatic carbocycles. The molecule has 0 spiro atoms. The molecule has 2 heterocycles. The van der Waals surface area contributed by atoms with Crippen molar-refractivity contribution in [2.45, 2.75) is 4.90 Å². The Hall–Kier alpha value is -3.73. The molecule has 30 heavy (non-hydrogen) atoms. The lowest BCUT2D eigenvalue weighted by atomic mass is 10.2. The number of sulfone groups is 1. The van der Waals surface area contributed by atoms with E-state index in [1.807, 2.05) is 0 Å². The molecule has 0 unspecified atom stereocenters. The largest absolute Gasteiger partial charge is 0.495 e. The number of anilines is 4. The van der Waals surface area contributed by atoms with E-state index in [4.69, 9.17) is 10.5 Å². The van der Waals surface area contributed by atoms with E-state index in [2.05, 4.69) is 20.2 Å². The van der Waals surface area contributed by atoms with E-state index in [1.54, 1.807) is 6.07 Å². The van der Waals surface area contributed by atoms with Gasteiger partial charge in [0, 0.05) is 17.8 Å². The zero-order valence-electron chi connectivity index (χ0n) is 16.0. The molecule has 0 saturated heterocycles. The Kier molecular flexibility index (Phi) is 4.74. The first-order chi connectivity index (χ1) is 14.3. The number of halogens is 1. The second-order valence-electron chi connectivity index (χ2n) is 6.46. The minimum absolute atomic E-state index is 0.0539. The number of H-pyrrole nitrogens is 1. The molecule has 154 valence electrons. The molecule has 9 nitrogen and oxygen atoms in total. The van der Waals surface area contributed by atoms with Crippen LogP contribution in [0.25, 0.3) is 10.9 Å². The summed E-state index contributed by atoms with van der Waals surface area (Å²) in [6, 6.07) is 10.0. The summed E-state index contributed by atoms with van der Waals surface area (Å²) in [7, 11) is -2.08. The Morgan fingerprint density at radius 1 is 1.17 bits per heavy atom. The second kappa shape index (κ2) is 7.26. The summed E-state index contributed by atoms with van der Waals surface area (Å²) < 4.78 is 43.7. The highest BCUT2D eigenvalue weighted by Crippen LogP contribution is 2.41. The van der Waals surface area contributed by atoms with Crippen molar-refractivity contribution in [2.24, 2.45) is 0 Å². The fourth-order valence-electron chi connectivity index (χ4n) is 3.00. The van der Waals surface area contributed by atoms with Gasteiger partial charge in [0.25, 0.3) is 0 Å². The topological polar surface area (TPSA) is 127 Å². The summed E-state index contributed by atoms with van der Waals surface area (Å²) in [4.78, 5) is 10.0. The molecule has 2 aromatic carbocycles. The number of aromatic nitrogens is 4. The Morgan fingerprint density at radius 2 is 1.97 bits per heavy atom. The van der Waals surface area contributed by atoms with Crippen LogP contribution in [0.3, 0.4) is 0 Å². The van der Waals surface area contributed by atoms with Crippen LogP contribution in [0.1, 0.15) is 0 Å². The monoisotopic (exact) mass is 428 g/mol. The van der Waals surface area contributed by atoms with Crippen LogP contribution < -0.4 is 15.4 Å². The molecule has 0 aliphatic heterocycles. The maximum atomic E-state index is 14.0. The Balaban J connectivity index is 2.05. The summed E-state index contributed by atoms with van der Waals surface area (Å²) in [5.41, 5.74) is 6.70. The van der Waals surface area contributed by atoms with Crippen molar-refractivity contribution in [3.8, 4) is 5.75 Å². The summed E-state index contributed by atoms with van der Waals surface area (Å²) in [6.45, 7) is 0. The Bertz CT molecular complexity index is 1360. The number of nitrogens with two attached hydrogens (primary N) is 1. The van der Waals surface area contributed by atoms with Gasteiger partial charge >= 0.3 is 0 Å². The summed E-state index contributed by atoms with van der Waals surface area (Å²) in [5.74, 6) is 0.418. The van der Waals surface area contributed by atoms with Gasteiger partial charge in [-0.3, -0.25) is 10.00 Å². The van der Waals surface area contributed by atoms with Crippen LogP contribution in [-0.2, 0) is 9.84 Å². The van der Waals surface area contributed by atoms with Crippen LogP contribution >= 0.6 is 0 Å². The molecule has 0 amide bonds. The molecule has 0 bridgehead atoms. The number of nitrogen functional groups attached to an aromatic ring is 1. The molecule has 0 fully saturated rings. The zero-order chi connectivity index (χ0) is 21.5. The van der Waals surface area contributed by atoms with E-state index in [9.17, 15) is 12.8 Å². The lowest BCUT2D eigenvalue weighted by Gasteiger charge is -2.23. The van der Waals surface area contributed by atoms with Crippen LogP contribution in [0.2, 0.25) is 0 Å². The van der Waals surface area contributed by atoms with Crippen molar-refractivity contribution in [3.63, 3.8) is 0 Å². The number of aromatic amines is 1. The molecule has 0 aliphatic rings. The second-order valence-corrected chi connectivity index (χ2v) is 8.48. The number of fused-ring (bicyclic) bond motifs is 1. The summed E-state index contributed by atoms with van der Waals surface area (Å²) in [6.07, 6.45) is 2.55. The van der Waals surface area contributed by atoms with Crippen molar-refractivity contribution < 1.29 is 17.5 Å². The van der Waals surface area contributed by atoms with E-state index in [0.717, 1.165) is 6.26 Å². The highest BCUT2D eigenvalue weighted by atomic mass is 32.2. The van der Waals surface area contributed by atoms with Gasteiger partial charge in [0.1, 0.15) is 17.4 Å². The number of rotatable bonds is 5. The lowest BCUT2D eigenvalue weighted by Crippen LogP contribution is -2.16. The third-order valence-corrected chi connectivity index (χ3v) is 5.51. The fourth-order valence-corrected chi connectivity index (χ4v) is 3.65. The molecule has 4 rings (SSSR count). The maximum Gasteiger partial charge on any atom is 0.237 e. The van der Waals surface area contributed by atoms with Gasteiger partial charge in [-0.2, -0.15) is 10.1 Å². The normalized spacial score (nSPS) is 11.6. The van der Waals surface area contributed by atoms with Gasteiger partial charge in [0.15, 0.2) is 15.7 Å². The lowest BCUT2D eigenvalue weighted by molar-refractivity contribution is 0.415. The van der Waals surface area contributed by atoms with E-state index >= 15 is 0 Å². The average Bonchev–Trinajstić information content (AvgIpc) is 3.10. The first kappa shape index (κ1) is 19.6. The van der Waals surface area contributed by atoms with Crippen LogP contribution in [0.4, 0.5) is 27.7 Å². The minimum Gasteiger partial charge on any atom is -0.495 e. The van der Waals surface area contributed by atoms with Crippen molar-refractivity contribution in [2.75, 3.05) is 24.0 Å². The van der Waals surface area contributed by atoms with Crippen LogP contribution in [0.15, 0.2) is 53.6 Å². The van der Waals surface area contributed by atoms with Crippen LogP contribution in [-0.4, -0.2) is 41.9 Å². The molecule has 0 saturated carbocycles. The third-order valence-electron chi connectivity index (χ3n) is 4.40. The summed E-state index contributed by atoms with van der Waals surface area (Å²) >= 11 is 0. The SMILES string of the molecule is COc1ccc(S(C)(=O)=O)cc1N(c1nccc(N)n1)c1n[nH]c2ccc(F)cc12. The maximum absolute atomic E-state index is 14.0. The first-order valence-electron chi connectivity index (χ1n) is 8.68. The number of hydrogen-bond donors (Lipinski definition) is 2. The van der Waals surface area contributed by atoms with E-state index in [-0.39, 0.29) is 22.5 Å². The standard InChI is InChI=1S/C19H17FN6O3S/c1-29-16-6-4-12(30(2,27)28)10-15(16)26(19-22-8-7-17(21)23-19)18-13-9-11(20)3-5-14(13)24-25-18/h3-10H,1-2H3,(H,24,25)(H2,21,22,23). The smallest absolute Gasteiger partial charge is 0.237 e. The number of nitrogens with zero attached hydrogens (tertiary/aromatic N) is 4. The highest BCUT2D eigenvalue weighted by molar-refractivity contribution is 7.90. The first-order valence-corrected chi connectivity index (χ1v) is 10.6. The molecule has 11 heteroatoms. The van der Waals surface area contributed by atoms with Gasteiger partial charge in [0.05, 0.1) is 23.2 Å². The quantitative estimate of drug-likeness (QED) is 0.497. The molecule has 2 aromatic heterocycles. The van der Waals surface area contributed by atoms with Gasteiger partial charge in [0.2, 0.25) is 5.95 Å². The average molecular weight is 428 g/mol. The Labute approximate surface area is 171 Å². The van der Waals surface area contributed by atoms with Gasteiger partial charge in [-0.25, -0.2) is 17.8 Å². The number of benzene rings is 2. The zero-order valence-corrected chi connectivity index (χ0v) is 16.8. The van der Waals surface area contributed by atoms with Crippen molar-refractivity contribution in [1.29, 1.82) is 0 Å². The van der Waals surface area contributed by atoms with Crippen LogP contribution in [0.5, 0.6) is 5.75 Å². The van der Waals surface area contributed by atoms with Crippen molar-refractivity contribution in [1.82, 2.24) is 20.2 Å². The van der Waals surface area contributed by atoms with Crippen molar-refractivity contribution >= 4 is 44.0 Å². The molecule has 0 radical (unpaired) electrons. The van der Waals surface area contributed by atoms with Crippen LogP contribution in [0, 0.1) is 5.82 Å². The van der Waals surface area contributed by atoms with Gasteiger partial charge in [-0.15, -0.1) is 0 Å². The molecule has 4 aromatic rings. The number of hydrogen-bond acceptors (Lipinski definition) is 8. The number of nitrogens with one attached hydrogen (secondary N) is 1. The predicted octanol–water partition coefficient (Wildman–Crippen LogP) is 2.96. The molecule has 3 N–H and O–H groups in total. The van der Waals surface area contributed by atoms with Gasteiger partial charge < -0.3 is 10.5 Å². The summed E-state index contributed by atoms with van der Waals surface area (Å²) in [5, 5.41) is 7.56. The number of methoxy groups -OCH3 is 1. The van der Waals surface area contributed by atoms with Gasteiger partial charge in [-0.05, 0) is 42.5 Å². The fraction of sp³-hybridized carbons (Fsp3) is 0.105. The van der Waals surface area contributed by atoms with Gasteiger partial charge in [-0.1, -0.05) is 0 Å². The Morgan fingerprint density at radius 3 is 2.67 bits per heavy atom. The molecular weight excluding hydrogens is 411 g/mol. The van der Waals surface area contributed by atoms with E-state index in [1.165, 1.54) is 54.6 Å². The predicted molar refractivity (Wildman–Crippen MR) is 110 cm³/mol. The van der Waals surface area contributed by atoms with Crippen molar-refractivity contribution in [3.05, 3.63) is 54.5 Å². The molecular formula is C19H17FN6O3S.